The molecule has 3 aliphatic rings. The molecule has 158 valence electrons. The number of carbonyl (C=O) groups is 1. The predicted molar refractivity (Wildman–Crippen MR) is 119 cm³/mol. The monoisotopic (exact) mass is 434 g/mol. The molecule has 0 amide bonds. The summed E-state index contributed by atoms with van der Waals surface area (Å²) in [6.07, 6.45) is 7.58. The highest BCUT2D eigenvalue weighted by atomic mass is 35.5. The number of nitriles is 1. The molecular weight excluding hydrogens is 412 g/mol. The van der Waals surface area contributed by atoms with Crippen molar-refractivity contribution in [2.75, 3.05) is 5.01 Å². The minimum Gasteiger partial charge on any atom is -0.477 e. The smallest absolute Gasteiger partial charge is 0.354 e. The first-order valence-electron chi connectivity index (χ1n) is 10.9. The molecule has 1 fully saturated rings. The molecule has 5 rings (SSSR count). The van der Waals surface area contributed by atoms with Crippen molar-refractivity contribution in [1.82, 2.24) is 4.98 Å². The van der Waals surface area contributed by atoms with Gasteiger partial charge < -0.3 is 5.11 Å². The van der Waals surface area contributed by atoms with Crippen molar-refractivity contribution in [3.05, 3.63) is 57.9 Å². The number of aromatic nitrogens is 1. The number of hydrogen-bond acceptors (Lipinski definition) is 5. The molecule has 1 aromatic carbocycles. The fourth-order valence-corrected chi connectivity index (χ4v) is 5.70. The number of hydrogen-bond donors (Lipinski definition) is 1. The van der Waals surface area contributed by atoms with E-state index in [0.29, 0.717) is 16.5 Å². The predicted octanol–water partition coefficient (Wildman–Crippen LogP) is 5.04. The minimum absolute atomic E-state index is 0.0823. The normalized spacial score (nSPS) is 23.0. The lowest BCUT2D eigenvalue weighted by molar-refractivity contribution is 0.0690. The van der Waals surface area contributed by atoms with E-state index in [1.807, 2.05) is 18.2 Å². The first kappa shape index (κ1) is 20.0. The fraction of sp³-hybridized carbons (Fsp3) is 0.417. The third-order valence-corrected chi connectivity index (χ3v) is 7.19. The van der Waals surface area contributed by atoms with E-state index in [9.17, 15) is 15.2 Å². The highest BCUT2D eigenvalue weighted by Crippen LogP contribution is 2.44. The van der Waals surface area contributed by atoms with Gasteiger partial charge in [0.05, 0.1) is 33.7 Å². The van der Waals surface area contributed by atoms with Crippen LogP contribution in [0.25, 0.3) is 0 Å². The number of carboxylic acid groups (broad SMARTS) is 1. The Bertz CT molecular complexity index is 1120. The number of carboxylic acids is 1. The van der Waals surface area contributed by atoms with Crippen molar-refractivity contribution in [3.63, 3.8) is 0 Å². The van der Waals surface area contributed by atoms with Crippen molar-refractivity contribution in [1.29, 1.82) is 5.26 Å². The van der Waals surface area contributed by atoms with Crippen LogP contribution in [0.15, 0.2) is 35.4 Å². The number of aryl methyl sites for hydroxylation is 1. The van der Waals surface area contributed by atoms with E-state index in [-0.39, 0.29) is 17.7 Å². The summed E-state index contributed by atoms with van der Waals surface area (Å²) in [5.74, 6) is -0.181. The third-order valence-electron chi connectivity index (χ3n) is 6.88. The van der Waals surface area contributed by atoms with Gasteiger partial charge in [0, 0.05) is 11.5 Å². The van der Waals surface area contributed by atoms with Gasteiger partial charge >= 0.3 is 5.97 Å². The molecular formula is C24H23ClN4O2. The number of pyridine rings is 1. The van der Waals surface area contributed by atoms with E-state index in [0.717, 1.165) is 41.9 Å². The molecule has 1 saturated carbocycles. The van der Waals surface area contributed by atoms with Gasteiger partial charge in [-0.3, -0.25) is 5.01 Å². The number of benzene rings is 1. The Kier molecular flexibility index (Phi) is 5.15. The lowest BCUT2D eigenvalue weighted by atomic mass is 9.81. The molecule has 0 radical (unpaired) electrons. The van der Waals surface area contributed by atoms with Gasteiger partial charge in [-0.15, -0.1) is 0 Å². The third kappa shape index (κ3) is 3.47. The molecule has 1 aliphatic heterocycles. The first-order valence-corrected chi connectivity index (χ1v) is 11.3. The molecule has 1 N–H and O–H groups in total. The molecule has 0 bridgehead atoms. The molecule has 0 saturated heterocycles. The zero-order valence-electron chi connectivity index (χ0n) is 17.1. The number of halogens is 1. The summed E-state index contributed by atoms with van der Waals surface area (Å²) in [7, 11) is 0. The van der Waals surface area contributed by atoms with Crippen molar-refractivity contribution in [3.8, 4) is 6.07 Å². The molecule has 7 heteroatoms. The lowest BCUT2D eigenvalue weighted by Crippen LogP contribution is -2.39. The van der Waals surface area contributed by atoms with Crippen LogP contribution in [0, 0.1) is 23.2 Å². The number of fused-ring (bicyclic) bond motifs is 3. The summed E-state index contributed by atoms with van der Waals surface area (Å²) in [5, 5.41) is 26.2. The van der Waals surface area contributed by atoms with Gasteiger partial charge in [0.15, 0.2) is 0 Å². The van der Waals surface area contributed by atoms with Gasteiger partial charge in [-0.2, -0.15) is 10.4 Å². The van der Waals surface area contributed by atoms with Crippen molar-refractivity contribution in [2.24, 2.45) is 16.9 Å². The quantitative estimate of drug-likeness (QED) is 0.730. The van der Waals surface area contributed by atoms with Gasteiger partial charge in [0.2, 0.25) is 0 Å². The van der Waals surface area contributed by atoms with E-state index in [1.165, 1.54) is 25.7 Å². The maximum absolute atomic E-state index is 11.4. The standard InChI is InChI=1S/C24H23ClN4O2/c25-19-12-16(9-8-15(19)13-26)29-23(14-4-1-2-5-14)18-6-3-7-20-17(22(18)28-29)10-11-21(27-20)24(30)31/h8-12,14,18,23H,1-7H2,(H,30,31)/t18-,23-/m0/s1. The molecule has 1 aromatic heterocycles. The summed E-state index contributed by atoms with van der Waals surface area (Å²) < 4.78 is 0. The highest BCUT2D eigenvalue weighted by molar-refractivity contribution is 6.32. The molecule has 6 nitrogen and oxygen atoms in total. The van der Waals surface area contributed by atoms with Crippen molar-refractivity contribution < 1.29 is 9.90 Å². The number of anilines is 1. The molecule has 0 spiro atoms. The van der Waals surface area contributed by atoms with Crippen molar-refractivity contribution >= 4 is 29.0 Å². The summed E-state index contributed by atoms with van der Waals surface area (Å²) in [4.78, 5) is 15.8. The Morgan fingerprint density at radius 3 is 2.68 bits per heavy atom. The van der Waals surface area contributed by atoms with Crippen LogP contribution in [0.3, 0.4) is 0 Å². The second-order valence-electron chi connectivity index (χ2n) is 8.64. The average molecular weight is 435 g/mol. The highest BCUT2D eigenvalue weighted by Gasteiger charge is 2.45. The number of nitrogens with zero attached hydrogens (tertiary/aromatic N) is 4. The van der Waals surface area contributed by atoms with E-state index >= 15 is 0 Å². The zero-order chi connectivity index (χ0) is 21.5. The van der Waals surface area contributed by atoms with Crippen LogP contribution < -0.4 is 5.01 Å². The van der Waals surface area contributed by atoms with Gasteiger partial charge in [-0.1, -0.05) is 24.4 Å². The molecule has 0 unspecified atom stereocenters. The zero-order valence-corrected chi connectivity index (χ0v) is 17.8. The Morgan fingerprint density at radius 2 is 1.97 bits per heavy atom. The molecule has 31 heavy (non-hydrogen) atoms. The van der Waals surface area contributed by atoms with Crippen LogP contribution in [-0.4, -0.2) is 27.8 Å². The van der Waals surface area contributed by atoms with E-state index in [1.54, 1.807) is 12.1 Å². The molecule has 2 aliphatic carbocycles. The minimum atomic E-state index is -1.00. The average Bonchev–Trinajstić information content (AvgIpc) is 3.38. The number of hydrazone groups is 1. The van der Waals surface area contributed by atoms with Crippen LogP contribution in [0.1, 0.15) is 65.8 Å². The lowest BCUT2D eigenvalue weighted by Gasteiger charge is -2.33. The summed E-state index contributed by atoms with van der Waals surface area (Å²) in [6.45, 7) is 0. The summed E-state index contributed by atoms with van der Waals surface area (Å²) >= 11 is 6.36. The van der Waals surface area contributed by atoms with Gasteiger partial charge in [-0.25, -0.2) is 9.78 Å². The van der Waals surface area contributed by atoms with Gasteiger partial charge in [-0.05, 0) is 68.4 Å². The topological polar surface area (TPSA) is 89.6 Å². The summed E-state index contributed by atoms with van der Waals surface area (Å²) in [5.41, 5.74) is 4.25. The van der Waals surface area contributed by atoms with Crippen molar-refractivity contribution in [2.45, 2.75) is 51.0 Å². The van der Waals surface area contributed by atoms with Crippen LogP contribution in [0.4, 0.5) is 5.69 Å². The largest absolute Gasteiger partial charge is 0.477 e. The maximum atomic E-state index is 11.4. The van der Waals surface area contributed by atoms with Crippen LogP contribution in [-0.2, 0) is 6.42 Å². The van der Waals surface area contributed by atoms with Crippen LogP contribution in [0.2, 0.25) is 5.02 Å². The summed E-state index contributed by atoms with van der Waals surface area (Å²) in [6, 6.07) is 11.3. The SMILES string of the molecule is N#Cc1ccc(N2N=C3c4ccc(C(=O)O)nc4CCC[C@@H]3[C@@H]2C2CCCC2)cc1Cl. The number of rotatable bonds is 3. The van der Waals surface area contributed by atoms with Crippen LogP contribution >= 0.6 is 11.6 Å². The maximum Gasteiger partial charge on any atom is 0.354 e. The van der Waals surface area contributed by atoms with Gasteiger partial charge in [0.25, 0.3) is 0 Å². The van der Waals surface area contributed by atoms with E-state index in [4.69, 9.17) is 16.7 Å². The van der Waals surface area contributed by atoms with E-state index < -0.39 is 5.97 Å². The van der Waals surface area contributed by atoms with E-state index in [2.05, 4.69) is 16.1 Å². The fourth-order valence-electron chi connectivity index (χ4n) is 5.48. The molecule has 2 aromatic rings. The molecule has 2 atom stereocenters. The Morgan fingerprint density at radius 1 is 1.16 bits per heavy atom. The Labute approximate surface area is 186 Å². The second-order valence-corrected chi connectivity index (χ2v) is 9.04. The van der Waals surface area contributed by atoms with Crippen LogP contribution in [0.5, 0.6) is 0 Å². The van der Waals surface area contributed by atoms with Gasteiger partial charge in [0.1, 0.15) is 11.8 Å². The molecule has 2 heterocycles. The number of aromatic carboxylic acids is 1. The first-order chi connectivity index (χ1) is 15.1. The Hall–Kier alpha value is -2.91. The Balaban J connectivity index is 1.61. The second kappa shape index (κ2) is 7.97.